The summed E-state index contributed by atoms with van der Waals surface area (Å²) in [6.45, 7) is 6.64. The first-order chi connectivity index (χ1) is 12.1. The molecule has 0 radical (unpaired) electrons. The van der Waals surface area contributed by atoms with Crippen LogP contribution in [0.1, 0.15) is 26.7 Å². The summed E-state index contributed by atoms with van der Waals surface area (Å²) in [6, 6.07) is 6.48. The number of unbranched alkanes of at least 4 members (excludes halogenated alkanes) is 1. The molecule has 1 aromatic rings. The van der Waals surface area contributed by atoms with E-state index in [0.717, 1.165) is 12.8 Å². The van der Waals surface area contributed by atoms with Crippen LogP contribution in [-0.4, -0.2) is 57.8 Å². The topological polar surface area (TPSA) is 65.1 Å². The largest absolute Gasteiger partial charge is 0.494 e. The molecule has 2 aliphatic heterocycles. The van der Waals surface area contributed by atoms with Crippen LogP contribution in [0.4, 0.5) is 0 Å². The molecule has 0 bridgehead atoms. The summed E-state index contributed by atoms with van der Waals surface area (Å²) in [5, 5.41) is 0. The standard InChI is InChI=1S/C18H27NO5S/c1-3-5-10-24-18-11-19(17-13-22-12-16(17)18)25(20,21)15-8-6-14(7-9-15)23-4-2/h6-9,16-18H,3-5,10-13H2,1-2H3/t16-,17+,18+/m1/s1. The molecule has 2 saturated heterocycles. The zero-order chi connectivity index (χ0) is 17.9. The molecule has 0 amide bonds. The summed E-state index contributed by atoms with van der Waals surface area (Å²) in [5.41, 5.74) is 0. The molecule has 25 heavy (non-hydrogen) atoms. The average molecular weight is 369 g/mol. The van der Waals surface area contributed by atoms with Crippen molar-refractivity contribution in [3.63, 3.8) is 0 Å². The quantitative estimate of drug-likeness (QED) is 0.658. The maximum absolute atomic E-state index is 13.1. The lowest BCUT2D eigenvalue weighted by Crippen LogP contribution is -2.38. The van der Waals surface area contributed by atoms with Crippen LogP contribution in [0.15, 0.2) is 29.2 Å². The summed E-state index contributed by atoms with van der Waals surface area (Å²) in [6.07, 6.45) is 1.96. The lowest BCUT2D eigenvalue weighted by atomic mass is 10.0. The molecule has 1 aromatic carbocycles. The zero-order valence-corrected chi connectivity index (χ0v) is 15.7. The van der Waals surface area contributed by atoms with Gasteiger partial charge in [0.25, 0.3) is 0 Å². The highest BCUT2D eigenvalue weighted by molar-refractivity contribution is 7.89. The van der Waals surface area contributed by atoms with Gasteiger partial charge in [-0.3, -0.25) is 0 Å². The van der Waals surface area contributed by atoms with E-state index < -0.39 is 10.0 Å². The van der Waals surface area contributed by atoms with Gasteiger partial charge in [0.1, 0.15) is 5.75 Å². The number of fused-ring (bicyclic) bond motifs is 1. The van der Waals surface area contributed by atoms with Gasteiger partial charge < -0.3 is 14.2 Å². The minimum absolute atomic E-state index is 0.0866. The smallest absolute Gasteiger partial charge is 0.243 e. The van der Waals surface area contributed by atoms with Crippen molar-refractivity contribution in [1.82, 2.24) is 4.31 Å². The van der Waals surface area contributed by atoms with E-state index in [-0.39, 0.29) is 23.0 Å². The molecule has 6 nitrogen and oxygen atoms in total. The second kappa shape index (κ2) is 8.03. The van der Waals surface area contributed by atoms with Gasteiger partial charge in [-0.05, 0) is 37.6 Å². The van der Waals surface area contributed by atoms with Crippen molar-refractivity contribution in [3.05, 3.63) is 24.3 Å². The molecule has 0 spiro atoms. The van der Waals surface area contributed by atoms with Crippen LogP contribution in [-0.2, 0) is 19.5 Å². The number of hydrogen-bond acceptors (Lipinski definition) is 5. The first-order valence-electron chi connectivity index (χ1n) is 9.02. The van der Waals surface area contributed by atoms with E-state index in [2.05, 4.69) is 6.92 Å². The van der Waals surface area contributed by atoms with E-state index in [1.807, 2.05) is 6.92 Å². The molecule has 0 unspecified atom stereocenters. The third-order valence-corrected chi connectivity index (χ3v) is 6.78. The van der Waals surface area contributed by atoms with E-state index >= 15 is 0 Å². The SMILES string of the molecule is CCCCO[C@H]1CN(S(=O)(=O)c2ccc(OCC)cc2)[C@H]2COC[C@@H]12. The summed E-state index contributed by atoms with van der Waals surface area (Å²) in [4.78, 5) is 0.288. The predicted octanol–water partition coefficient (Wildman–Crippen LogP) is 2.29. The fourth-order valence-corrected chi connectivity index (χ4v) is 5.17. The third-order valence-electron chi connectivity index (χ3n) is 4.87. The Morgan fingerprint density at radius 2 is 1.96 bits per heavy atom. The molecule has 0 saturated carbocycles. The van der Waals surface area contributed by atoms with Gasteiger partial charge in [0.2, 0.25) is 10.0 Å². The van der Waals surface area contributed by atoms with Crippen LogP contribution in [0, 0.1) is 5.92 Å². The second-order valence-electron chi connectivity index (χ2n) is 6.51. The van der Waals surface area contributed by atoms with Crippen LogP contribution in [0.25, 0.3) is 0 Å². The monoisotopic (exact) mass is 369 g/mol. The second-order valence-corrected chi connectivity index (χ2v) is 8.40. The van der Waals surface area contributed by atoms with Gasteiger partial charge in [-0.15, -0.1) is 0 Å². The Labute approximate surface area is 150 Å². The Kier molecular flexibility index (Phi) is 5.99. The highest BCUT2D eigenvalue weighted by Gasteiger charge is 2.50. The molecule has 2 heterocycles. The van der Waals surface area contributed by atoms with E-state index in [1.165, 1.54) is 0 Å². The number of ether oxygens (including phenoxy) is 3. The average Bonchev–Trinajstić information content (AvgIpc) is 3.19. The molecule has 3 atom stereocenters. The van der Waals surface area contributed by atoms with Crippen LogP contribution < -0.4 is 4.74 Å². The van der Waals surface area contributed by atoms with Gasteiger partial charge >= 0.3 is 0 Å². The molecule has 2 fully saturated rings. The molecule has 7 heteroatoms. The lowest BCUT2D eigenvalue weighted by Gasteiger charge is -2.22. The van der Waals surface area contributed by atoms with Gasteiger partial charge in [0.15, 0.2) is 0 Å². The highest BCUT2D eigenvalue weighted by Crippen LogP contribution is 2.36. The number of sulfonamides is 1. The summed E-state index contributed by atoms with van der Waals surface area (Å²) < 4.78 is 44.7. The van der Waals surface area contributed by atoms with Gasteiger partial charge in [0, 0.05) is 19.1 Å². The Morgan fingerprint density at radius 1 is 1.20 bits per heavy atom. The van der Waals surface area contributed by atoms with Crippen LogP contribution in [0.2, 0.25) is 0 Å². The number of rotatable bonds is 8. The lowest BCUT2D eigenvalue weighted by molar-refractivity contribution is 0.0220. The number of benzene rings is 1. The van der Waals surface area contributed by atoms with Crippen molar-refractivity contribution in [3.8, 4) is 5.75 Å². The normalized spacial score (nSPS) is 26.7. The first kappa shape index (κ1) is 18.6. The molecule has 0 aliphatic carbocycles. The Morgan fingerprint density at radius 3 is 2.64 bits per heavy atom. The molecule has 3 rings (SSSR count). The van der Waals surface area contributed by atoms with Crippen molar-refractivity contribution in [1.29, 1.82) is 0 Å². The summed E-state index contributed by atoms with van der Waals surface area (Å²) in [5.74, 6) is 0.792. The fourth-order valence-electron chi connectivity index (χ4n) is 3.50. The molecular formula is C18H27NO5S. The summed E-state index contributed by atoms with van der Waals surface area (Å²) >= 11 is 0. The van der Waals surface area contributed by atoms with E-state index in [1.54, 1.807) is 28.6 Å². The van der Waals surface area contributed by atoms with Gasteiger partial charge in [-0.1, -0.05) is 13.3 Å². The minimum atomic E-state index is -3.57. The van der Waals surface area contributed by atoms with Crippen molar-refractivity contribution in [2.45, 2.75) is 43.7 Å². The number of nitrogens with zero attached hydrogens (tertiary/aromatic N) is 1. The Bertz CT molecular complexity index is 661. The van der Waals surface area contributed by atoms with Crippen LogP contribution in [0.5, 0.6) is 5.75 Å². The predicted molar refractivity (Wildman–Crippen MR) is 94.2 cm³/mol. The summed E-state index contributed by atoms with van der Waals surface area (Å²) in [7, 11) is -3.57. The minimum Gasteiger partial charge on any atom is -0.494 e. The highest BCUT2D eigenvalue weighted by atomic mass is 32.2. The van der Waals surface area contributed by atoms with Gasteiger partial charge in [-0.25, -0.2) is 8.42 Å². The van der Waals surface area contributed by atoms with Crippen molar-refractivity contribution >= 4 is 10.0 Å². The van der Waals surface area contributed by atoms with Gasteiger partial charge in [0.05, 0.1) is 36.9 Å². The molecular weight excluding hydrogens is 342 g/mol. The molecule has 2 aliphatic rings. The Balaban J connectivity index is 1.76. The zero-order valence-electron chi connectivity index (χ0n) is 14.9. The van der Waals surface area contributed by atoms with Crippen LogP contribution >= 0.6 is 0 Å². The molecule has 0 aromatic heterocycles. The number of hydrogen-bond donors (Lipinski definition) is 0. The Hall–Kier alpha value is -1.15. The molecule has 140 valence electrons. The maximum Gasteiger partial charge on any atom is 0.243 e. The first-order valence-corrected chi connectivity index (χ1v) is 10.5. The third kappa shape index (κ3) is 3.84. The van der Waals surface area contributed by atoms with E-state index in [9.17, 15) is 8.42 Å². The van der Waals surface area contributed by atoms with Crippen molar-refractivity contribution in [2.24, 2.45) is 5.92 Å². The van der Waals surface area contributed by atoms with E-state index in [4.69, 9.17) is 14.2 Å². The van der Waals surface area contributed by atoms with Crippen molar-refractivity contribution in [2.75, 3.05) is 33.0 Å². The van der Waals surface area contributed by atoms with Crippen LogP contribution in [0.3, 0.4) is 0 Å². The van der Waals surface area contributed by atoms with Gasteiger partial charge in [-0.2, -0.15) is 4.31 Å². The molecule has 0 N–H and O–H groups in total. The fraction of sp³-hybridized carbons (Fsp3) is 0.667. The van der Waals surface area contributed by atoms with E-state index in [0.29, 0.717) is 38.7 Å². The maximum atomic E-state index is 13.1. The van der Waals surface area contributed by atoms with Crippen molar-refractivity contribution < 1.29 is 22.6 Å².